The Morgan fingerprint density at radius 3 is 2.35 bits per heavy atom. The number of methoxy groups -OCH3 is 1. The second kappa shape index (κ2) is 9.62. The average Bonchev–Trinajstić information content (AvgIpc) is 3.42. The smallest absolute Gasteiger partial charge is 0.337 e. The molecule has 1 aromatic heterocycles. The number of nitrogens with zero attached hydrogens (tertiary/aromatic N) is 2. The van der Waals surface area contributed by atoms with Crippen LogP contribution in [0.3, 0.4) is 0 Å². The number of carbonyl (C=O) groups is 4. The van der Waals surface area contributed by atoms with Gasteiger partial charge in [0, 0.05) is 5.69 Å². The third kappa shape index (κ3) is 4.68. The van der Waals surface area contributed by atoms with Crippen LogP contribution in [0.1, 0.15) is 28.1 Å². The van der Waals surface area contributed by atoms with Gasteiger partial charge in [-0.25, -0.2) is 14.5 Å². The minimum absolute atomic E-state index is 0.0473. The van der Waals surface area contributed by atoms with E-state index in [2.05, 4.69) is 10.1 Å². The van der Waals surface area contributed by atoms with Crippen LogP contribution in [0.2, 0.25) is 0 Å². The van der Waals surface area contributed by atoms with Gasteiger partial charge in [-0.05, 0) is 55.5 Å². The number of carbonyl (C=O) groups excluding carboxylic acids is 4. The van der Waals surface area contributed by atoms with Crippen molar-refractivity contribution in [3.8, 4) is 0 Å². The summed E-state index contributed by atoms with van der Waals surface area (Å²) in [6, 6.07) is 15.0. The lowest BCUT2D eigenvalue weighted by Crippen LogP contribution is -2.37. The number of aryl methyl sites for hydroxylation is 1. The fraction of sp³-hybridized carbons (Fsp3) is 0.200. The van der Waals surface area contributed by atoms with E-state index >= 15 is 0 Å². The number of benzene rings is 2. The first-order valence-electron chi connectivity index (χ1n) is 10.6. The normalized spacial score (nSPS) is 15.5. The van der Waals surface area contributed by atoms with E-state index in [0.717, 1.165) is 10.5 Å². The van der Waals surface area contributed by atoms with Crippen molar-refractivity contribution in [2.24, 2.45) is 0 Å². The summed E-state index contributed by atoms with van der Waals surface area (Å²) >= 11 is 0. The molecule has 1 N–H and O–H groups in total. The fourth-order valence-corrected chi connectivity index (χ4v) is 3.71. The number of anilines is 2. The number of ether oxygens (including phenoxy) is 1. The number of esters is 1. The van der Waals surface area contributed by atoms with Gasteiger partial charge in [0.1, 0.15) is 11.8 Å². The van der Waals surface area contributed by atoms with E-state index in [0.29, 0.717) is 22.7 Å². The van der Waals surface area contributed by atoms with Gasteiger partial charge in [0.25, 0.3) is 5.91 Å². The van der Waals surface area contributed by atoms with Gasteiger partial charge in [0.15, 0.2) is 0 Å². The van der Waals surface area contributed by atoms with Gasteiger partial charge < -0.3 is 19.4 Å². The molecule has 1 saturated heterocycles. The van der Waals surface area contributed by atoms with Gasteiger partial charge in [0.05, 0.1) is 37.6 Å². The van der Waals surface area contributed by atoms with Crippen LogP contribution in [0, 0.1) is 6.92 Å². The number of rotatable bonds is 7. The predicted molar refractivity (Wildman–Crippen MR) is 123 cm³/mol. The zero-order chi connectivity index (χ0) is 24.2. The number of amides is 4. The highest BCUT2D eigenvalue weighted by atomic mass is 16.5. The molecule has 4 amide bonds. The maximum absolute atomic E-state index is 13.3. The molecule has 0 unspecified atom stereocenters. The summed E-state index contributed by atoms with van der Waals surface area (Å²) in [5, 5.41) is 2.71. The van der Waals surface area contributed by atoms with Crippen molar-refractivity contribution in [3.63, 3.8) is 0 Å². The van der Waals surface area contributed by atoms with E-state index in [1.807, 2.05) is 19.1 Å². The molecule has 174 valence electrons. The Bertz CT molecular complexity index is 1200. The predicted octanol–water partition coefficient (Wildman–Crippen LogP) is 3.74. The van der Waals surface area contributed by atoms with E-state index in [1.54, 1.807) is 36.4 Å². The summed E-state index contributed by atoms with van der Waals surface area (Å²) < 4.78 is 10.0. The van der Waals surface area contributed by atoms with Crippen LogP contribution < -0.4 is 10.2 Å². The van der Waals surface area contributed by atoms with Crippen LogP contribution in [0.4, 0.5) is 16.2 Å². The largest absolute Gasteiger partial charge is 0.467 e. The topological polar surface area (TPSA) is 109 Å². The molecule has 0 saturated carbocycles. The SMILES string of the molecule is COC(=O)c1ccc(NC(=O)C[C@@H]2C(=O)N(c3ccc(C)cc3)C(=O)N2Cc2ccco2)cc1. The maximum Gasteiger partial charge on any atom is 0.337 e. The number of imide groups is 1. The number of hydrogen-bond donors (Lipinski definition) is 1. The second-order valence-corrected chi connectivity index (χ2v) is 7.84. The standard InChI is InChI=1S/C25H23N3O6/c1-16-5-11-19(12-6-16)28-23(30)21(27(25(28)32)15-20-4-3-13-34-20)14-22(29)26-18-9-7-17(8-10-18)24(31)33-2/h3-13,21H,14-15H2,1-2H3,(H,26,29)/t21-/m1/s1. The molecule has 1 fully saturated rings. The van der Waals surface area contributed by atoms with E-state index in [-0.39, 0.29) is 13.0 Å². The Morgan fingerprint density at radius 2 is 1.74 bits per heavy atom. The first-order valence-corrected chi connectivity index (χ1v) is 10.6. The third-order valence-corrected chi connectivity index (χ3v) is 5.49. The Balaban J connectivity index is 1.53. The van der Waals surface area contributed by atoms with E-state index in [4.69, 9.17) is 4.42 Å². The quantitative estimate of drug-likeness (QED) is 0.424. The summed E-state index contributed by atoms with van der Waals surface area (Å²) in [7, 11) is 1.28. The molecule has 0 aliphatic carbocycles. The lowest BCUT2D eigenvalue weighted by molar-refractivity contribution is -0.124. The Kier molecular flexibility index (Phi) is 6.44. The summed E-state index contributed by atoms with van der Waals surface area (Å²) in [6.07, 6.45) is 1.24. The third-order valence-electron chi connectivity index (χ3n) is 5.49. The number of urea groups is 1. The molecular formula is C25H23N3O6. The molecule has 0 spiro atoms. The molecule has 4 rings (SSSR count). The molecule has 1 aliphatic rings. The van der Waals surface area contributed by atoms with Crippen molar-refractivity contribution in [1.82, 2.24) is 4.90 Å². The van der Waals surface area contributed by atoms with Crippen LogP contribution in [0.5, 0.6) is 0 Å². The summed E-state index contributed by atoms with van der Waals surface area (Å²) in [5.74, 6) is -0.933. The van der Waals surface area contributed by atoms with Crippen LogP contribution in [0.15, 0.2) is 71.3 Å². The Labute approximate surface area is 195 Å². The van der Waals surface area contributed by atoms with Gasteiger partial charge in [-0.15, -0.1) is 0 Å². The highest BCUT2D eigenvalue weighted by Gasteiger charge is 2.47. The van der Waals surface area contributed by atoms with Gasteiger partial charge in [-0.3, -0.25) is 9.59 Å². The summed E-state index contributed by atoms with van der Waals surface area (Å²) in [5.41, 5.74) is 2.22. The zero-order valence-corrected chi connectivity index (χ0v) is 18.7. The maximum atomic E-state index is 13.3. The Morgan fingerprint density at radius 1 is 1.03 bits per heavy atom. The minimum atomic E-state index is -1.01. The van der Waals surface area contributed by atoms with Crippen molar-refractivity contribution in [1.29, 1.82) is 0 Å². The number of nitrogens with one attached hydrogen (secondary N) is 1. The number of furan rings is 1. The van der Waals surface area contributed by atoms with Crippen molar-refractivity contribution in [3.05, 3.63) is 83.8 Å². The summed E-state index contributed by atoms with van der Waals surface area (Å²) in [6.45, 7) is 1.96. The molecule has 0 radical (unpaired) electrons. The molecule has 2 aromatic carbocycles. The molecule has 2 heterocycles. The molecule has 3 aromatic rings. The van der Waals surface area contributed by atoms with Gasteiger partial charge >= 0.3 is 12.0 Å². The second-order valence-electron chi connectivity index (χ2n) is 7.84. The molecule has 9 nitrogen and oxygen atoms in total. The molecular weight excluding hydrogens is 438 g/mol. The Hall–Kier alpha value is -4.40. The highest BCUT2D eigenvalue weighted by Crippen LogP contribution is 2.29. The average molecular weight is 461 g/mol. The molecule has 1 aliphatic heterocycles. The highest BCUT2D eigenvalue weighted by molar-refractivity contribution is 6.22. The molecule has 9 heteroatoms. The molecule has 0 bridgehead atoms. The van der Waals surface area contributed by atoms with Gasteiger partial charge in [-0.1, -0.05) is 17.7 Å². The number of hydrogen-bond acceptors (Lipinski definition) is 6. The fourth-order valence-electron chi connectivity index (χ4n) is 3.71. The van der Waals surface area contributed by atoms with Crippen LogP contribution in [-0.4, -0.2) is 41.9 Å². The first-order chi connectivity index (χ1) is 16.4. The van der Waals surface area contributed by atoms with Crippen LogP contribution >= 0.6 is 0 Å². The molecule has 34 heavy (non-hydrogen) atoms. The lowest BCUT2D eigenvalue weighted by Gasteiger charge is -2.20. The van der Waals surface area contributed by atoms with Gasteiger partial charge in [0.2, 0.25) is 5.91 Å². The zero-order valence-electron chi connectivity index (χ0n) is 18.7. The van der Waals surface area contributed by atoms with Crippen molar-refractivity contribution < 1.29 is 28.3 Å². The first kappa shape index (κ1) is 22.8. The van der Waals surface area contributed by atoms with Crippen molar-refractivity contribution in [2.45, 2.75) is 25.9 Å². The van der Waals surface area contributed by atoms with E-state index in [9.17, 15) is 19.2 Å². The lowest BCUT2D eigenvalue weighted by atomic mass is 10.1. The van der Waals surface area contributed by atoms with E-state index in [1.165, 1.54) is 30.4 Å². The van der Waals surface area contributed by atoms with Crippen LogP contribution in [-0.2, 0) is 20.9 Å². The van der Waals surface area contributed by atoms with Gasteiger partial charge in [-0.2, -0.15) is 0 Å². The van der Waals surface area contributed by atoms with Crippen molar-refractivity contribution >= 4 is 35.2 Å². The van der Waals surface area contributed by atoms with E-state index < -0.39 is 29.9 Å². The monoisotopic (exact) mass is 461 g/mol. The minimum Gasteiger partial charge on any atom is -0.467 e. The molecule has 1 atom stereocenters. The van der Waals surface area contributed by atoms with Crippen LogP contribution in [0.25, 0.3) is 0 Å². The van der Waals surface area contributed by atoms with Crippen molar-refractivity contribution in [2.75, 3.05) is 17.3 Å². The summed E-state index contributed by atoms with van der Waals surface area (Å²) in [4.78, 5) is 53.3.